The van der Waals surface area contributed by atoms with E-state index in [1.807, 2.05) is 6.92 Å². The van der Waals surface area contributed by atoms with Crippen LogP contribution in [0.3, 0.4) is 0 Å². The summed E-state index contributed by atoms with van der Waals surface area (Å²) in [7, 11) is 0. The van der Waals surface area contributed by atoms with E-state index in [1.54, 1.807) is 29.8 Å². The Morgan fingerprint density at radius 3 is 2.81 bits per heavy atom. The Bertz CT molecular complexity index is 558. The van der Waals surface area contributed by atoms with Crippen LogP contribution in [-0.4, -0.2) is 39.6 Å². The number of benzene rings is 1. The molecule has 0 aliphatic heterocycles. The van der Waals surface area contributed by atoms with Crippen molar-refractivity contribution in [2.24, 2.45) is 0 Å². The minimum atomic E-state index is -0.587. The number of rotatable bonds is 8. The second kappa shape index (κ2) is 8.11. The quantitative estimate of drug-likeness (QED) is 0.594. The molecule has 1 atom stereocenters. The largest absolute Gasteiger partial charge is 0.491 e. The zero-order valence-electron chi connectivity index (χ0n) is 11.6. The van der Waals surface area contributed by atoms with Crippen LogP contribution in [0.25, 0.3) is 0 Å². The molecule has 112 valence electrons. The molecule has 0 amide bonds. The molecule has 0 spiro atoms. The minimum absolute atomic E-state index is 0.107. The van der Waals surface area contributed by atoms with Crippen LogP contribution in [0.2, 0.25) is 0 Å². The highest BCUT2D eigenvalue weighted by atomic mass is 32.2. The van der Waals surface area contributed by atoms with Crippen molar-refractivity contribution >= 4 is 28.9 Å². The van der Waals surface area contributed by atoms with Crippen molar-refractivity contribution in [3.63, 3.8) is 0 Å². The Balaban J connectivity index is 1.75. The molecule has 0 aliphatic carbocycles. The van der Waals surface area contributed by atoms with Gasteiger partial charge in [-0.15, -0.1) is 10.2 Å². The molecule has 0 saturated heterocycles. The van der Waals surface area contributed by atoms with Gasteiger partial charge in [0.05, 0.1) is 6.10 Å². The van der Waals surface area contributed by atoms with Crippen LogP contribution in [0, 0.1) is 0 Å². The van der Waals surface area contributed by atoms with Crippen LogP contribution in [-0.2, 0) is 0 Å². The highest BCUT2D eigenvalue weighted by molar-refractivity contribution is 8.01. The number of ether oxygens (including phenoxy) is 1. The minimum Gasteiger partial charge on any atom is -0.491 e. The molecule has 21 heavy (non-hydrogen) atoms. The number of hydrogen-bond acceptors (Lipinski definition) is 7. The van der Waals surface area contributed by atoms with E-state index in [1.165, 1.54) is 23.1 Å². The smallest absolute Gasteiger partial charge is 0.174 e. The molecule has 1 aromatic heterocycles. The van der Waals surface area contributed by atoms with Gasteiger partial charge in [-0.1, -0.05) is 30.0 Å². The van der Waals surface area contributed by atoms with Crippen molar-refractivity contribution in [2.75, 3.05) is 12.4 Å². The summed E-state index contributed by atoms with van der Waals surface area (Å²) in [5, 5.41) is 17.5. The summed E-state index contributed by atoms with van der Waals surface area (Å²) < 4.78 is 6.33. The Kier molecular flexibility index (Phi) is 6.16. The summed E-state index contributed by atoms with van der Waals surface area (Å²) in [5.41, 5.74) is 2.34. The molecule has 0 bridgehead atoms. The number of thioether (sulfide) groups is 1. The van der Waals surface area contributed by atoms with Crippen LogP contribution in [0.5, 0.6) is 5.75 Å². The van der Waals surface area contributed by atoms with Gasteiger partial charge in [-0.25, -0.2) is 0 Å². The monoisotopic (exact) mass is 324 g/mol. The van der Waals surface area contributed by atoms with Gasteiger partial charge in [0, 0.05) is 17.7 Å². The average Bonchev–Trinajstić information content (AvgIpc) is 3.04. The topological polar surface area (TPSA) is 72.3 Å². The van der Waals surface area contributed by atoms with Crippen molar-refractivity contribution in [2.45, 2.75) is 23.8 Å². The number of aliphatic hydroxyl groups excluding tert-OH is 1. The third kappa shape index (κ3) is 5.11. The van der Waals surface area contributed by atoms with Crippen molar-refractivity contribution in [3.05, 3.63) is 35.3 Å². The second-order valence-corrected chi connectivity index (χ2v) is 6.38. The van der Waals surface area contributed by atoms with Gasteiger partial charge in [0.15, 0.2) is 10.1 Å². The van der Waals surface area contributed by atoms with E-state index in [4.69, 9.17) is 4.74 Å². The van der Waals surface area contributed by atoms with Gasteiger partial charge in [-0.05, 0) is 24.3 Å². The molecule has 0 fully saturated rings. The third-order valence-corrected chi connectivity index (χ3v) is 4.68. The Hall–Kier alpha value is -1.44. The lowest BCUT2D eigenvalue weighted by atomic mass is 10.1. The number of Topliss-reactive ketones (excluding diaryl/α,β-unsaturated/α-hetero) is 1. The normalized spacial score (nSPS) is 12.1. The summed E-state index contributed by atoms with van der Waals surface area (Å²) in [6, 6.07) is 6.97. The van der Waals surface area contributed by atoms with E-state index < -0.39 is 6.10 Å². The fourth-order valence-corrected chi connectivity index (χ4v) is 3.00. The highest BCUT2D eigenvalue weighted by Gasteiger charge is 2.08. The molecule has 1 aromatic carbocycles. The molecule has 2 aromatic rings. The second-order valence-electron chi connectivity index (χ2n) is 4.28. The average molecular weight is 324 g/mol. The van der Waals surface area contributed by atoms with Crippen LogP contribution in [0.1, 0.15) is 23.7 Å². The molecule has 5 nitrogen and oxygen atoms in total. The first-order valence-corrected chi connectivity index (χ1v) is 8.38. The predicted octanol–water partition coefficient (Wildman–Crippen LogP) is 2.66. The van der Waals surface area contributed by atoms with Gasteiger partial charge in [0.2, 0.25) is 0 Å². The van der Waals surface area contributed by atoms with E-state index in [2.05, 4.69) is 10.2 Å². The van der Waals surface area contributed by atoms with E-state index in [-0.39, 0.29) is 12.4 Å². The lowest BCUT2D eigenvalue weighted by molar-refractivity contribution is 0.0987. The van der Waals surface area contributed by atoms with Crippen molar-refractivity contribution in [1.29, 1.82) is 0 Å². The van der Waals surface area contributed by atoms with Crippen molar-refractivity contribution < 1.29 is 14.6 Å². The summed E-state index contributed by atoms with van der Waals surface area (Å²) >= 11 is 2.89. The molecule has 0 saturated carbocycles. The number of nitrogens with zero attached hydrogens (tertiary/aromatic N) is 2. The van der Waals surface area contributed by atoms with Crippen molar-refractivity contribution in [1.82, 2.24) is 10.2 Å². The summed E-state index contributed by atoms with van der Waals surface area (Å²) in [4.78, 5) is 11.5. The van der Waals surface area contributed by atoms with E-state index in [0.717, 1.165) is 4.34 Å². The number of aliphatic hydroxyl groups is 1. The molecular weight excluding hydrogens is 308 g/mol. The summed E-state index contributed by atoms with van der Waals surface area (Å²) in [6.45, 7) is 2.03. The van der Waals surface area contributed by atoms with Crippen molar-refractivity contribution in [3.8, 4) is 5.75 Å². The SMILES string of the molecule is CCC(=O)c1ccc(OCC(O)CSc2nncs2)cc1. The lowest BCUT2D eigenvalue weighted by Gasteiger charge is -2.11. The first kappa shape index (κ1) is 15.9. The van der Waals surface area contributed by atoms with Crippen LogP contribution in [0.4, 0.5) is 0 Å². The van der Waals surface area contributed by atoms with Gasteiger partial charge in [-0.2, -0.15) is 0 Å². The Morgan fingerprint density at radius 2 is 2.19 bits per heavy atom. The number of hydrogen-bond donors (Lipinski definition) is 1. The molecule has 0 aliphatic rings. The molecule has 1 unspecified atom stereocenters. The maximum atomic E-state index is 11.5. The molecular formula is C14H16N2O3S2. The standard InChI is InChI=1S/C14H16N2O3S2/c1-2-13(18)10-3-5-12(6-4-10)19-7-11(17)8-20-14-16-15-9-21-14/h3-6,9,11,17H,2,7-8H2,1H3. The van der Waals surface area contributed by atoms with Gasteiger partial charge in [-0.3, -0.25) is 4.79 Å². The van der Waals surface area contributed by atoms with Crippen LogP contribution in [0.15, 0.2) is 34.1 Å². The van der Waals surface area contributed by atoms with E-state index in [9.17, 15) is 9.90 Å². The van der Waals surface area contributed by atoms with E-state index >= 15 is 0 Å². The van der Waals surface area contributed by atoms with Gasteiger partial charge >= 0.3 is 0 Å². The van der Waals surface area contributed by atoms with Gasteiger partial charge in [0.25, 0.3) is 0 Å². The highest BCUT2D eigenvalue weighted by Crippen LogP contribution is 2.20. The Labute approximate surface area is 131 Å². The fourth-order valence-electron chi connectivity index (χ4n) is 1.58. The molecule has 1 heterocycles. The first-order valence-electron chi connectivity index (χ1n) is 6.52. The maximum Gasteiger partial charge on any atom is 0.174 e. The predicted molar refractivity (Wildman–Crippen MR) is 83.2 cm³/mol. The van der Waals surface area contributed by atoms with E-state index in [0.29, 0.717) is 23.5 Å². The van der Waals surface area contributed by atoms with Crippen LogP contribution < -0.4 is 4.74 Å². The van der Waals surface area contributed by atoms with Gasteiger partial charge in [0.1, 0.15) is 17.9 Å². The zero-order valence-corrected chi connectivity index (χ0v) is 13.2. The number of carbonyl (C=O) groups is 1. The fraction of sp³-hybridized carbons (Fsp3) is 0.357. The molecule has 7 heteroatoms. The molecule has 0 radical (unpaired) electrons. The molecule has 1 N–H and O–H groups in total. The number of carbonyl (C=O) groups excluding carboxylic acids is 1. The Morgan fingerprint density at radius 1 is 1.43 bits per heavy atom. The lowest BCUT2D eigenvalue weighted by Crippen LogP contribution is -2.20. The van der Waals surface area contributed by atoms with Gasteiger partial charge < -0.3 is 9.84 Å². The molecule has 2 rings (SSSR count). The third-order valence-electron chi connectivity index (χ3n) is 2.68. The summed E-state index contributed by atoms with van der Waals surface area (Å²) in [5.74, 6) is 1.25. The zero-order chi connectivity index (χ0) is 15.1. The maximum absolute atomic E-state index is 11.5. The number of aromatic nitrogens is 2. The van der Waals surface area contributed by atoms with Crippen LogP contribution >= 0.6 is 23.1 Å². The first-order chi connectivity index (χ1) is 10.2. The summed E-state index contributed by atoms with van der Waals surface area (Å²) in [6.07, 6.45) is -0.0993. The number of ketones is 1.